The molecular weight excluding hydrogens is 370 g/mol. The third-order valence-corrected chi connectivity index (χ3v) is 5.40. The van der Waals surface area contributed by atoms with Crippen molar-refractivity contribution >= 4 is 31.7 Å². The molecule has 0 N–H and O–H groups in total. The molecule has 0 radical (unpaired) electrons. The second kappa shape index (κ2) is 6.68. The minimum Gasteiger partial charge on any atom is -0.486 e. The topological polar surface area (TPSA) is 63.7 Å². The first-order valence-corrected chi connectivity index (χ1v) is 10.5. The summed E-state index contributed by atoms with van der Waals surface area (Å²) in [5.41, 5.74) is 0.0933. The molecule has 2 aliphatic heterocycles. The van der Waals surface area contributed by atoms with Crippen molar-refractivity contribution in [2.75, 3.05) is 25.2 Å². The molecule has 1 fully saturated rings. The number of piperidine rings is 1. The maximum absolute atomic E-state index is 12.2. The number of para-hydroxylation sites is 1. The molecule has 0 saturated carbocycles. The Hall–Kier alpha value is -0.920. The third-order valence-electron chi connectivity index (χ3n) is 4.10. The molecule has 3 rings (SSSR count). The van der Waals surface area contributed by atoms with E-state index in [1.165, 1.54) is 10.6 Å². The van der Waals surface area contributed by atoms with Crippen molar-refractivity contribution in [1.29, 1.82) is 0 Å². The number of rotatable bonds is 1. The van der Waals surface area contributed by atoms with Gasteiger partial charge < -0.3 is 4.74 Å². The van der Waals surface area contributed by atoms with Crippen LogP contribution in [0.5, 0.6) is 5.75 Å². The van der Waals surface area contributed by atoms with E-state index in [1.807, 2.05) is 18.0 Å². The molecule has 122 valence electrons. The molecule has 0 aliphatic carbocycles. The predicted molar refractivity (Wildman–Crippen MR) is 89.3 cm³/mol. The standard InChI is InChI=1S/C14H17NO4S.CH3Br/c1-20(17,18)15-8-6-14(7-9-15)10-12(16)11-4-2-3-5-13(11)19-14;1-2/h2-5H,6-10H2,1H3;1H3. The largest absolute Gasteiger partial charge is 0.486 e. The Morgan fingerprint density at radius 1 is 1.18 bits per heavy atom. The van der Waals surface area contributed by atoms with Gasteiger partial charge in [-0.1, -0.05) is 28.1 Å². The predicted octanol–water partition coefficient (Wildman–Crippen LogP) is 2.46. The van der Waals surface area contributed by atoms with Crippen LogP contribution in [0.2, 0.25) is 0 Å². The molecule has 22 heavy (non-hydrogen) atoms. The van der Waals surface area contributed by atoms with E-state index in [0.29, 0.717) is 43.7 Å². The molecule has 1 aromatic rings. The van der Waals surface area contributed by atoms with E-state index in [4.69, 9.17) is 4.74 Å². The number of halogens is 1. The average molecular weight is 390 g/mol. The number of hydrogen-bond acceptors (Lipinski definition) is 4. The zero-order valence-electron chi connectivity index (χ0n) is 12.7. The molecule has 1 aromatic carbocycles. The van der Waals surface area contributed by atoms with Gasteiger partial charge in [-0.2, -0.15) is 0 Å². The summed E-state index contributed by atoms with van der Waals surface area (Å²) in [6.07, 6.45) is 2.66. The smallest absolute Gasteiger partial charge is 0.211 e. The van der Waals surface area contributed by atoms with E-state index in [2.05, 4.69) is 15.9 Å². The Balaban J connectivity index is 0.000000847. The molecule has 0 aromatic heterocycles. The molecule has 0 unspecified atom stereocenters. The lowest BCUT2D eigenvalue weighted by atomic mass is 9.83. The second-order valence-electron chi connectivity index (χ2n) is 5.54. The van der Waals surface area contributed by atoms with Crippen molar-refractivity contribution in [2.45, 2.75) is 24.9 Å². The molecule has 2 heterocycles. The summed E-state index contributed by atoms with van der Waals surface area (Å²) in [6.45, 7) is 0.822. The van der Waals surface area contributed by atoms with Gasteiger partial charge in [0.25, 0.3) is 0 Å². The molecule has 0 amide bonds. The van der Waals surface area contributed by atoms with Crippen LogP contribution in [0, 0.1) is 0 Å². The van der Waals surface area contributed by atoms with Crippen molar-refractivity contribution in [3.05, 3.63) is 29.8 Å². The van der Waals surface area contributed by atoms with Crippen LogP contribution in [0.3, 0.4) is 0 Å². The van der Waals surface area contributed by atoms with Crippen molar-refractivity contribution in [1.82, 2.24) is 4.31 Å². The van der Waals surface area contributed by atoms with Gasteiger partial charge in [-0.15, -0.1) is 0 Å². The van der Waals surface area contributed by atoms with Crippen LogP contribution in [0.1, 0.15) is 29.6 Å². The molecule has 2 aliphatic rings. The number of carbonyl (C=O) groups is 1. The minimum absolute atomic E-state index is 0.0830. The van der Waals surface area contributed by atoms with E-state index < -0.39 is 15.6 Å². The van der Waals surface area contributed by atoms with Crippen molar-refractivity contribution in [2.24, 2.45) is 0 Å². The Labute approximate surface area is 139 Å². The van der Waals surface area contributed by atoms with Crippen molar-refractivity contribution in [3.8, 4) is 5.75 Å². The molecule has 0 bridgehead atoms. The van der Waals surface area contributed by atoms with Gasteiger partial charge in [0.05, 0.1) is 18.2 Å². The second-order valence-corrected chi connectivity index (χ2v) is 7.53. The summed E-state index contributed by atoms with van der Waals surface area (Å²) in [5.74, 6) is 2.52. The fourth-order valence-corrected chi connectivity index (χ4v) is 3.79. The van der Waals surface area contributed by atoms with Crippen LogP contribution >= 0.6 is 15.9 Å². The van der Waals surface area contributed by atoms with Crippen LogP contribution in [0.25, 0.3) is 0 Å². The van der Waals surface area contributed by atoms with Crippen LogP contribution in [-0.2, 0) is 10.0 Å². The van der Waals surface area contributed by atoms with E-state index in [1.54, 1.807) is 12.1 Å². The van der Waals surface area contributed by atoms with Gasteiger partial charge in [0.1, 0.15) is 11.4 Å². The summed E-state index contributed by atoms with van der Waals surface area (Å²) < 4.78 is 30.6. The number of benzene rings is 1. The Morgan fingerprint density at radius 3 is 2.36 bits per heavy atom. The number of nitrogens with zero attached hydrogens (tertiary/aromatic N) is 1. The Morgan fingerprint density at radius 2 is 1.77 bits per heavy atom. The van der Waals surface area contributed by atoms with Gasteiger partial charge in [-0.25, -0.2) is 12.7 Å². The summed E-state index contributed by atoms with van der Waals surface area (Å²) in [6, 6.07) is 7.24. The van der Waals surface area contributed by atoms with Gasteiger partial charge in [-0.3, -0.25) is 4.79 Å². The Kier molecular flexibility index (Phi) is 5.29. The maximum atomic E-state index is 12.2. The van der Waals surface area contributed by atoms with Gasteiger partial charge in [0, 0.05) is 25.9 Å². The lowest BCUT2D eigenvalue weighted by Crippen LogP contribution is -2.52. The van der Waals surface area contributed by atoms with E-state index in [0.717, 1.165) is 0 Å². The van der Waals surface area contributed by atoms with Crippen LogP contribution in [0.4, 0.5) is 0 Å². The SMILES string of the molecule is CBr.CS(=O)(=O)N1CCC2(CC1)CC(=O)c1ccccc1O2. The highest BCUT2D eigenvalue weighted by Crippen LogP contribution is 2.39. The maximum Gasteiger partial charge on any atom is 0.211 e. The zero-order valence-corrected chi connectivity index (χ0v) is 15.1. The number of hydrogen-bond donors (Lipinski definition) is 0. The quantitative estimate of drug-likeness (QED) is 0.692. The van der Waals surface area contributed by atoms with Crippen LogP contribution < -0.4 is 4.74 Å². The molecule has 1 spiro atoms. The van der Waals surface area contributed by atoms with Gasteiger partial charge in [-0.05, 0) is 18.0 Å². The summed E-state index contributed by atoms with van der Waals surface area (Å²) in [5, 5.41) is 0. The molecule has 7 heteroatoms. The van der Waals surface area contributed by atoms with Crippen LogP contribution in [-0.4, -0.2) is 49.3 Å². The lowest BCUT2D eigenvalue weighted by molar-refractivity contribution is 0.00602. The third kappa shape index (κ3) is 3.52. The fraction of sp³-hybridized carbons (Fsp3) is 0.533. The number of Topliss-reactive ketones (excluding diaryl/α,β-unsaturated/α-hetero) is 1. The monoisotopic (exact) mass is 389 g/mol. The highest BCUT2D eigenvalue weighted by atomic mass is 79.9. The highest BCUT2D eigenvalue weighted by molar-refractivity contribution is 9.08. The van der Waals surface area contributed by atoms with Crippen LogP contribution in [0.15, 0.2) is 24.3 Å². The summed E-state index contributed by atoms with van der Waals surface area (Å²) in [7, 11) is -3.16. The molecule has 0 atom stereocenters. The van der Waals surface area contributed by atoms with E-state index in [9.17, 15) is 13.2 Å². The first-order chi connectivity index (χ1) is 10.4. The summed E-state index contributed by atoms with van der Waals surface area (Å²) >= 11 is 2.94. The average Bonchev–Trinajstić information content (AvgIpc) is 2.49. The van der Waals surface area contributed by atoms with Crippen molar-refractivity contribution in [3.63, 3.8) is 0 Å². The van der Waals surface area contributed by atoms with Gasteiger partial charge in [0.2, 0.25) is 10.0 Å². The fourth-order valence-electron chi connectivity index (χ4n) is 2.95. The number of ketones is 1. The minimum atomic E-state index is -3.16. The molecular formula is C15H20BrNO4S. The first-order valence-electron chi connectivity index (χ1n) is 7.04. The Bertz CT molecular complexity index is 651. The van der Waals surface area contributed by atoms with Gasteiger partial charge >= 0.3 is 0 Å². The van der Waals surface area contributed by atoms with E-state index >= 15 is 0 Å². The number of sulfonamides is 1. The highest BCUT2D eigenvalue weighted by Gasteiger charge is 2.44. The van der Waals surface area contributed by atoms with Crippen molar-refractivity contribution < 1.29 is 17.9 Å². The zero-order chi connectivity index (χ0) is 16.4. The van der Waals surface area contributed by atoms with E-state index in [-0.39, 0.29) is 5.78 Å². The molecule has 5 nitrogen and oxygen atoms in total. The number of fused-ring (bicyclic) bond motifs is 1. The number of carbonyl (C=O) groups excluding carboxylic acids is 1. The first kappa shape index (κ1) is 17.4. The number of alkyl halides is 1. The molecule has 1 saturated heterocycles. The summed E-state index contributed by atoms with van der Waals surface area (Å²) in [4.78, 5) is 12.2. The normalized spacial score (nSPS) is 20.6. The lowest BCUT2D eigenvalue weighted by Gasteiger charge is -2.43. The van der Waals surface area contributed by atoms with Gasteiger partial charge in [0.15, 0.2) is 5.78 Å². The number of ether oxygens (including phenoxy) is 1.